The quantitative estimate of drug-likeness (QED) is 0.278. The van der Waals surface area contributed by atoms with Crippen molar-refractivity contribution in [1.29, 1.82) is 0 Å². The highest BCUT2D eigenvalue weighted by molar-refractivity contribution is 5.83. The second kappa shape index (κ2) is 11.9. The molecule has 1 fully saturated rings. The van der Waals surface area contributed by atoms with Gasteiger partial charge in [-0.3, -0.25) is 4.90 Å². The molecule has 5 rings (SSSR count). The molecule has 0 radical (unpaired) electrons. The van der Waals surface area contributed by atoms with E-state index in [9.17, 15) is 4.39 Å². The molecule has 1 saturated heterocycles. The molecule has 1 aliphatic heterocycles. The number of aromatic nitrogens is 5. The maximum Gasteiger partial charge on any atom is 0.229 e. The molecule has 4 heterocycles. The van der Waals surface area contributed by atoms with Gasteiger partial charge >= 0.3 is 0 Å². The van der Waals surface area contributed by atoms with Gasteiger partial charge in [0.1, 0.15) is 22.9 Å². The first-order valence-electron chi connectivity index (χ1n) is 14.2. The van der Waals surface area contributed by atoms with E-state index in [4.69, 9.17) is 0 Å². The molecule has 0 aliphatic carbocycles. The summed E-state index contributed by atoms with van der Waals surface area (Å²) in [5.41, 5.74) is 2.37. The van der Waals surface area contributed by atoms with Crippen molar-refractivity contribution in [3.63, 3.8) is 0 Å². The molecule has 0 spiro atoms. The van der Waals surface area contributed by atoms with Crippen LogP contribution in [0, 0.1) is 18.6 Å². The first-order valence-corrected chi connectivity index (χ1v) is 14.2. The molecule has 3 aromatic heterocycles. The van der Waals surface area contributed by atoms with E-state index in [-0.39, 0.29) is 23.2 Å². The topological polar surface area (TPSA) is 75.0 Å². The van der Waals surface area contributed by atoms with Gasteiger partial charge in [0.05, 0.1) is 11.7 Å². The third kappa shape index (κ3) is 5.69. The lowest BCUT2D eigenvalue weighted by Crippen LogP contribution is -2.33. The number of nitrogens with zero attached hydrogens (tertiary/aromatic N) is 7. The zero-order valence-corrected chi connectivity index (χ0v) is 24.0. The fourth-order valence-corrected chi connectivity index (χ4v) is 5.80. The molecule has 1 aromatic carbocycles. The summed E-state index contributed by atoms with van der Waals surface area (Å²) < 4.78 is 31.9. The monoisotopic (exact) mass is 548 g/mol. The zero-order chi connectivity index (χ0) is 28.4. The predicted octanol–water partition coefficient (Wildman–Crippen LogP) is 6.28. The molecule has 1 N–H and O–H groups in total. The van der Waals surface area contributed by atoms with Crippen molar-refractivity contribution in [2.75, 3.05) is 38.0 Å². The zero-order valence-electron chi connectivity index (χ0n) is 24.0. The average Bonchev–Trinajstić information content (AvgIpc) is 3.11. The highest BCUT2D eigenvalue weighted by Crippen LogP contribution is 2.31. The number of anilines is 2. The molecule has 0 amide bonds. The number of hydrogen-bond acceptors (Lipinski definition) is 7. The van der Waals surface area contributed by atoms with Crippen LogP contribution in [0.3, 0.4) is 0 Å². The van der Waals surface area contributed by atoms with Gasteiger partial charge in [-0.15, -0.1) is 0 Å². The number of halogens is 2. The van der Waals surface area contributed by atoms with E-state index >= 15 is 4.39 Å². The van der Waals surface area contributed by atoms with Gasteiger partial charge in [0.25, 0.3) is 0 Å². The number of benzene rings is 1. The van der Waals surface area contributed by atoms with Crippen molar-refractivity contribution in [3.8, 4) is 11.3 Å². The van der Waals surface area contributed by atoms with Gasteiger partial charge in [-0.1, -0.05) is 19.9 Å². The van der Waals surface area contributed by atoms with Crippen LogP contribution in [0.4, 0.5) is 20.5 Å². The lowest BCUT2D eigenvalue weighted by molar-refractivity contribution is 0.195. The first-order chi connectivity index (χ1) is 19.3. The van der Waals surface area contributed by atoms with Crippen molar-refractivity contribution < 1.29 is 8.78 Å². The van der Waals surface area contributed by atoms with Gasteiger partial charge < -0.3 is 14.8 Å². The standard InChI is InChI=1S/C30H38F2N8/c1-6-25(39-12-8-11-38(7-2)13-14-39)21-9-10-27(33-17-21)36-30-34-18-24(32)28(37-30)22-15-23(31)29-26(16-22)40(19(3)4)20(5)35-29/h9-10,15-19,25H,6-8,11-14H2,1-5H3,(H,33,34,36,37)/t25-/m1/s1. The molecule has 0 unspecified atom stereocenters. The van der Waals surface area contributed by atoms with Crippen LogP contribution < -0.4 is 5.32 Å². The van der Waals surface area contributed by atoms with Crippen LogP contribution >= 0.6 is 0 Å². The molecular weight excluding hydrogens is 510 g/mol. The molecular formula is C30H38F2N8. The fourth-order valence-electron chi connectivity index (χ4n) is 5.80. The number of rotatable bonds is 8. The summed E-state index contributed by atoms with van der Waals surface area (Å²) in [4.78, 5) is 22.5. The highest BCUT2D eigenvalue weighted by atomic mass is 19.1. The SMILES string of the molecule is CC[C@H](c1ccc(Nc2ncc(F)c(-c3cc(F)c4nc(C)n(C(C)C)c4c3)n2)nc1)N1CCCN(CC)CC1. The minimum Gasteiger partial charge on any atom is -0.326 e. The van der Waals surface area contributed by atoms with Crippen LogP contribution in [-0.4, -0.2) is 67.0 Å². The number of likely N-dealkylation sites (N-methyl/N-ethyl adjacent to an activating group) is 1. The Hall–Kier alpha value is -3.50. The molecule has 4 aromatic rings. The lowest BCUT2D eigenvalue weighted by Gasteiger charge is -2.30. The molecule has 10 heteroatoms. The van der Waals surface area contributed by atoms with Crippen molar-refractivity contribution in [2.24, 2.45) is 0 Å². The third-order valence-electron chi connectivity index (χ3n) is 7.77. The molecule has 8 nitrogen and oxygen atoms in total. The van der Waals surface area contributed by atoms with Crippen molar-refractivity contribution >= 4 is 22.8 Å². The van der Waals surface area contributed by atoms with Gasteiger partial charge in [-0.2, -0.15) is 0 Å². The van der Waals surface area contributed by atoms with E-state index in [1.54, 1.807) is 6.07 Å². The summed E-state index contributed by atoms with van der Waals surface area (Å²) in [6.45, 7) is 15.7. The maximum absolute atomic E-state index is 15.0. The molecule has 1 aliphatic rings. The predicted molar refractivity (Wildman–Crippen MR) is 155 cm³/mol. The van der Waals surface area contributed by atoms with Crippen LogP contribution in [0.25, 0.3) is 22.3 Å². The van der Waals surface area contributed by atoms with Crippen molar-refractivity contribution in [2.45, 2.75) is 59.5 Å². The largest absolute Gasteiger partial charge is 0.326 e. The van der Waals surface area contributed by atoms with E-state index in [0.29, 0.717) is 28.8 Å². The van der Waals surface area contributed by atoms with Gasteiger partial charge in [-0.05, 0) is 70.5 Å². The number of imidazole rings is 1. The van der Waals surface area contributed by atoms with Crippen molar-refractivity contribution in [1.82, 2.24) is 34.3 Å². The summed E-state index contributed by atoms with van der Waals surface area (Å²) in [5, 5.41) is 3.08. The fraction of sp³-hybridized carbons (Fsp3) is 0.467. The number of fused-ring (bicyclic) bond motifs is 1. The van der Waals surface area contributed by atoms with Gasteiger partial charge in [0, 0.05) is 43.5 Å². The van der Waals surface area contributed by atoms with Crippen LogP contribution in [0.5, 0.6) is 0 Å². The van der Waals surface area contributed by atoms with Gasteiger partial charge in [0.2, 0.25) is 5.95 Å². The third-order valence-corrected chi connectivity index (χ3v) is 7.77. The molecule has 0 bridgehead atoms. The van der Waals surface area contributed by atoms with E-state index in [0.717, 1.165) is 51.8 Å². The highest BCUT2D eigenvalue weighted by Gasteiger charge is 2.22. The summed E-state index contributed by atoms with van der Waals surface area (Å²) in [6, 6.07) is 7.35. The number of nitrogens with one attached hydrogen (secondary N) is 1. The number of hydrogen-bond donors (Lipinski definition) is 1. The Morgan fingerprint density at radius 3 is 2.48 bits per heavy atom. The Kier molecular flexibility index (Phi) is 8.37. The molecule has 212 valence electrons. The number of pyridine rings is 1. The summed E-state index contributed by atoms with van der Waals surface area (Å²) >= 11 is 0. The van der Waals surface area contributed by atoms with Crippen LogP contribution in [-0.2, 0) is 0 Å². The van der Waals surface area contributed by atoms with Gasteiger partial charge in [0.15, 0.2) is 11.6 Å². The van der Waals surface area contributed by atoms with Crippen LogP contribution in [0.15, 0.2) is 36.7 Å². The van der Waals surface area contributed by atoms with E-state index in [2.05, 4.69) is 55.0 Å². The maximum atomic E-state index is 15.0. The van der Waals surface area contributed by atoms with Crippen LogP contribution in [0.1, 0.15) is 64.0 Å². The van der Waals surface area contributed by atoms with Crippen molar-refractivity contribution in [3.05, 3.63) is 59.7 Å². The molecule has 1 atom stereocenters. The Bertz CT molecular complexity index is 1470. The summed E-state index contributed by atoms with van der Waals surface area (Å²) in [7, 11) is 0. The normalized spacial score (nSPS) is 16.0. The number of aryl methyl sites for hydroxylation is 1. The summed E-state index contributed by atoms with van der Waals surface area (Å²) in [5.74, 6) is 0.288. The second-order valence-electron chi connectivity index (χ2n) is 10.7. The van der Waals surface area contributed by atoms with E-state index in [1.807, 2.05) is 37.6 Å². The smallest absolute Gasteiger partial charge is 0.229 e. The Balaban J connectivity index is 1.37. The minimum atomic E-state index is -0.634. The molecule has 40 heavy (non-hydrogen) atoms. The molecule has 0 saturated carbocycles. The minimum absolute atomic E-state index is 0.0115. The summed E-state index contributed by atoms with van der Waals surface area (Å²) in [6.07, 6.45) is 5.15. The van der Waals surface area contributed by atoms with E-state index < -0.39 is 11.6 Å². The lowest BCUT2D eigenvalue weighted by atomic mass is 10.0. The Morgan fingerprint density at radius 1 is 0.950 bits per heavy atom. The van der Waals surface area contributed by atoms with Gasteiger partial charge in [-0.25, -0.2) is 28.7 Å². The Morgan fingerprint density at radius 2 is 1.77 bits per heavy atom. The Labute approximate surface area is 234 Å². The second-order valence-corrected chi connectivity index (χ2v) is 10.7. The van der Waals surface area contributed by atoms with Crippen LogP contribution in [0.2, 0.25) is 0 Å². The first kappa shape index (κ1) is 28.0. The average molecular weight is 549 g/mol. The van der Waals surface area contributed by atoms with E-state index in [1.165, 1.54) is 11.6 Å².